The number of aromatic nitrogens is 1. The molecule has 0 aliphatic rings. The van der Waals surface area contributed by atoms with Crippen molar-refractivity contribution in [3.8, 4) is 6.07 Å². The summed E-state index contributed by atoms with van der Waals surface area (Å²) in [6.07, 6.45) is 3.40. The molecule has 2 aromatic carbocycles. The minimum atomic E-state index is -0.665. The number of thiazole rings is 1. The van der Waals surface area contributed by atoms with E-state index in [2.05, 4.69) is 10.3 Å². The van der Waals surface area contributed by atoms with Crippen molar-refractivity contribution >= 4 is 34.1 Å². The predicted molar refractivity (Wildman–Crippen MR) is 107 cm³/mol. The van der Waals surface area contributed by atoms with E-state index in [0.29, 0.717) is 17.1 Å². The van der Waals surface area contributed by atoms with Crippen LogP contribution in [0.15, 0.2) is 60.3 Å². The third-order valence-corrected chi connectivity index (χ3v) is 4.74. The summed E-state index contributed by atoms with van der Waals surface area (Å²) in [4.78, 5) is 27.6. The Balaban J connectivity index is 1.71. The number of carbonyl (C=O) groups excluding carboxylic acids is 1. The molecule has 144 valence electrons. The van der Waals surface area contributed by atoms with Gasteiger partial charge in [0.25, 0.3) is 11.6 Å². The Bertz CT molecular complexity index is 1130. The van der Waals surface area contributed by atoms with Crippen molar-refractivity contribution in [2.45, 2.75) is 6.42 Å². The first-order chi connectivity index (χ1) is 13.9. The Hall–Kier alpha value is -3.90. The van der Waals surface area contributed by atoms with Crippen LogP contribution in [0.5, 0.6) is 0 Å². The topological polar surface area (TPSA) is 109 Å². The van der Waals surface area contributed by atoms with E-state index in [1.165, 1.54) is 47.7 Å². The number of rotatable bonds is 6. The van der Waals surface area contributed by atoms with Crippen molar-refractivity contribution in [3.63, 3.8) is 0 Å². The Kier molecular flexibility index (Phi) is 6.06. The molecule has 1 N–H and O–H groups in total. The third-order valence-electron chi connectivity index (χ3n) is 3.82. The molecule has 0 saturated carbocycles. The molecular formula is C20H13FN4O3S. The van der Waals surface area contributed by atoms with Crippen molar-refractivity contribution in [1.82, 2.24) is 4.98 Å². The van der Waals surface area contributed by atoms with Crippen molar-refractivity contribution < 1.29 is 14.1 Å². The van der Waals surface area contributed by atoms with Crippen LogP contribution in [0, 0.1) is 27.3 Å². The largest absolute Gasteiger partial charge is 0.297 e. The summed E-state index contributed by atoms with van der Waals surface area (Å²) in [6.45, 7) is 0. The predicted octanol–water partition coefficient (Wildman–Crippen LogP) is 4.33. The number of non-ortho nitro benzene ring substituents is 1. The number of nitro benzene ring substituents is 1. The lowest BCUT2D eigenvalue weighted by atomic mass is 10.1. The normalized spacial score (nSPS) is 11.0. The fourth-order valence-electron chi connectivity index (χ4n) is 2.46. The number of halogens is 1. The zero-order chi connectivity index (χ0) is 20.8. The molecule has 3 aromatic rings. The highest BCUT2D eigenvalue weighted by molar-refractivity contribution is 7.15. The molecule has 7 nitrogen and oxygen atoms in total. The van der Waals surface area contributed by atoms with E-state index >= 15 is 0 Å². The summed E-state index contributed by atoms with van der Waals surface area (Å²) in [5, 5.41) is 23.0. The van der Waals surface area contributed by atoms with Gasteiger partial charge in [-0.05, 0) is 29.3 Å². The molecule has 0 atom stereocenters. The summed E-state index contributed by atoms with van der Waals surface area (Å²) < 4.78 is 13.0. The number of nitriles is 1. The minimum Gasteiger partial charge on any atom is -0.297 e. The maximum absolute atomic E-state index is 13.0. The smallest absolute Gasteiger partial charge is 0.270 e. The molecule has 1 heterocycles. The first kappa shape index (κ1) is 19.9. The number of carbonyl (C=O) groups is 1. The van der Waals surface area contributed by atoms with E-state index in [9.17, 15) is 24.6 Å². The molecule has 0 fully saturated rings. The van der Waals surface area contributed by atoms with Gasteiger partial charge in [-0.3, -0.25) is 20.2 Å². The van der Waals surface area contributed by atoms with Gasteiger partial charge in [-0.2, -0.15) is 5.26 Å². The summed E-state index contributed by atoms with van der Waals surface area (Å²) in [6, 6.07) is 13.5. The average Bonchev–Trinajstić information content (AvgIpc) is 3.14. The van der Waals surface area contributed by atoms with E-state index in [1.54, 1.807) is 30.5 Å². The van der Waals surface area contributed by atoms with Crippen molar-refractivity contribution in [3.05, 3.63) is 92.2 Å². The Labute approximate surface area is 168 Å². The summed E-state index contributed by atoms with van der Waals surface area (Å²) in [5.74, 6) is -0.979. The highest BCUT2D eigenvalue weighted by atomic mass is 32.1. The van der Waals surface area contributed by atoms with E-state index in [4.69, 9.17) is 0 Å². The Morgan fingerprint density at radius 3 is 2.76 bits per heavy atom. The van der Waals surface area contributed by atoms with Gasteiger partial charge in [0.2, 0.25) is 0 Å². The van der Waals surface area contributed by atoms with Gasteiger partial charge in [-0.1, -0.05) is 24.3 Å². The molecule has 29 heavy (non-hydrogen) atoms. The average molecular weight is 408 g/mol. The molecule has 1 aromatic heterocycles. The van der Waals surface area contributed by atoms with Gasteiger partial charge >= 0.3 is 0 Å². The van der Waals surface area contributed by atoms with Crippen LogP contribution in [0.2, 0.25) is 0 Å². The SMILES string of the molecule is N#CC(=Cc1cccc([N+](=O)[O-])c1)C(=O)Nc1ncc(Cc2ccc(F)cc2)s1. The molecule has 1 amide bonds. The zero-order valence-electron chi connectivity index (χ0n) is 14.8. The molecule has 0 aliphatic carbocycles. The van der Waals surface area contributed by atoms with Crippen LogP contribution in [-0.4, -0.2) is 15.8 Å². The van der Waals surface area contributed by atoms with Crippen LogP contribution in [0.1, 0.15) is 16.0 Å². The fourth-order valence-corrected chi connectivity index (χ4v) is 3.30. The van der Waals surface area contributed by atoms with E-state index in [1.807, 2.05) is 0 Å². The maximum atomic E-state index is 13.0. The highest BCUT2D eigenvalue weighted by Crippen LogP contribution is 2.22. The van der Waals surface area contributed by atoms with Crippen LogP contribution >= 0.6 is 11.3 Å². The minimum absolute atomic E-state index is 0.137. The van der Waals surface area contributed by atoms with Crippen LogP contribution in [0.25, 0.3) is 6.08 Å². The van der Waals surface area contributed by atoms with Crippen LogP contribution in [-0.2, 0) is 11.2 Å². The lowest BCUT2D eigenvalue weighted by molar-refractivity contribution is -0.384. The van der Waals surface area contributed by atoms with Gasteiger partial charge in [0.05, 0.1) is 4.92 Å². The lowest BCUT2D eigenvalue weighted by Gasteiger charge is -2.01. The van der Waals surface area contributed by atoms with Gasteiger partial charge in [-0.15, -0.1) is 11.3 Å². The number of anilines is 1. The monoisotopic (exact) mass is 408 g/mol. The fraction of sp³-hybridized carbons (Fsp3) is 0.0500. The second kappa shape index (κ2) is 8.86. The molecule has 0 saturated heterocycles. The number of nitro groups is 1. The molecule has 0 radical (unpaired) electrons. The first-order valence-corrected chi connectivity index (χ1v) is 9.13. The number of hydrogen-bond acceptors (Lipinski definition) is 6. The second-order valence-corrected chi connectivity index (χ2v) is 7.03. The van der Waals surface area contributed by atoms with Crippen molar-refractivity contribution in [2.75, 3.05) is 5.32 Å². The number of amides is 1. The van der Waals surface area contributed by atoms with Crippen LogP contribution in [0.4, 0.5) is 15.2 Å². The van der Waals surface area contributed by atoms with Crippen molar-refractivity contribution in [1.29, 1.82) is 5.26 Å². The Morgan fingerprint density at radius 2 is 2.07 bits per heavy atom. The summed E-state index contributed by atoms with van der Waals surface area (Å²) >= 11 is 1.24. The molecular weight excluding hydrogens is 395 g/mol. The molecule has 9 heteroatoms. The van der Waals surface area contributed by atoms with Crippen LogP contribution < -0.4 is 5.32 Å². The highest BCUT2D eigenvalue weighted by Gasteiger charge is 2.13. The van der Waals surface area contributed by atoms with Gasteiger partial charge in [0.1, 0.15) is 17.5 Å². The Morgan fingerprint density at radius 1 is 1.31 bits per heavy atom. The molecule has 0 spiro atoms. The second-order valence-electron chi connectivity index (χ2n) is 5.91. The maximum Gasteiger partial charge on any atom is 0.270 e. The molecule has 0 bridgehead atoms. The lowest BCUT2D eigenvalue weighted by Crippen LogP contribution is -2.13. The number of benzene rings is 2. The zero-order valence-corrected chi connectivity index (χ0v) is 15.6. The first-order valence-electron chi connectivity index (χ1n) is 8.31. The molecule has 0 unspecified atom stereocenters. The van der Waals surface area contributed by atoms with Crippen molar-refractivity contribution in [2.24, 2.45) is 0 Å². The van der Waals surface area contributed by atoms with E-state index in [-0.39, 0.29) is 17.1 Å². The van der Waals surface area contributed by atoms with Gasteiger partial charge in [-0.25, -0.2) is 9.37 Å². The third kappa shape index (κ3) is 5.31. The van der Waals surface area contributed by atoms with Crippen LogP contribution in [0.3, 0.4) is 0 Å². The number of hydrogen-bond donors (Lipinski definition) is 1. The summed E-state index contributed by atoms with van der Waals surface area (Å²) in [7, 11) is 0. The molecule has 0 aliphatic heterocycles. The quantitative estimate of drug-likeness (QED) is 0.283. The van der Waals surface area contributed by atoms with Gasteiger partial charge in [0.15, 0.2) is 5.13 Å². The number of nitrogens with one attached hydrogen (secondary N) is 1. The van der Waals surface area contributed by atoms with E-state index < -0.39 is 10.8 Å². The van der Waals surface area contributed by atoms with Gasteiger partial charge in [0, 0.05) is 29.6 Å². The van der Waals surface area contributed by atoms with E-state index in [0.717, 1.165) is 10.4 Å². The molecule has 3 rings (SSSR count). The number of nitrogens with zero attached hydrogens (tertiary/aromatic N) is 3. The van der Waals surface area contributed by atoms with Gasteiger partial charge < -0.3 is 0 Å². The summed E-state index contributed by atoms with van der Waals surface area (Å²) in [5.41, 5.74) is 0.917. The standard InChI is InChI=1S/C20H13FN4O3S/c21-16-6-4-13(5-7-16)10-18-12-23-20(29-18)24-19(26)15(11-22)8-14-2-1-3-17(9-14)25(27)28/h1-9,12H,10H2,(H,23,24,26).